The van der Waals surface area contributed by atoms with Gasteiger partial charge in [-0.05, 0) is 41.0 Å². The van der Waals surface area contributed by atoms with Gasteiger partial charge in [-0.25, -0.2) is 8.42 Å². The first-order chi connectivity index (χ1) is 14.5. The minimum atomic E-state index is -3.63. The van der Waals surface area contributed by atoms with Crippen LogP contribution in [0.2, 0.25) is 0 Å². The second kappa shape index (κ2) is 8.71. The third kappa shape index (κ3) is 3.93. The fourth-order valence-corrected chi connectivity index (χ4v) is 6.79. The first-order valence-electron chi connectivity index (χ1n) is 9.55. The highest BCUT2D eigenvalue weighted by atomic mass is 32.2. The van der Waals surface area contributed by atoms with E-state index >= 15 is 0 Å². The Kier molecular flexibility index (Phi) is 6.04. The van der Waals surface area contributed by atoms with E-state index in [-0.39, 0.29) is 5.37 Å². The maximum Gasteiger partial charge on any atom is 0.244 e. The fraction of sp³-hybridized carbons (Fsp3) is 0.217. The Morgan fingerprint density at radius 2 is 1.53 bits per heavy atom. The minimum Gasteiger partial charge on any atom is -0.493 e. The molecule has 7 heteroatoms. The van der Waals surface area contributed by atoms with E-state index in [0.717, 1.165) is 22.4 Å². The van der Waals surface area contributed by atoms with E-state index in [1.165, 1.54) is 0 Å². The Morgan fingerprint density at radius 1 is 0.867 bits per heavy atom. The van der Waals surface area contributed by atoms with E-state index in [0.29, 0.717) is 22.9 Å². The first-order valence-corrected chi connectivity index (χ1v) is 12.0. The summed E-state index contributed by atoms with van der Waals surface area (Å²) in [6, 6.07) is 22.6. The Labute approximate surface area is 181 Å². The van der Waals surface area contributed by atoms with Gasteiger partial charge in [0.2, 0.25) is 10.0 Å². The zero-order chi connectivity index (χ0) is 21.1. The van der Waals surface area contributed by atoms with Crippen molar-refractivity contribution in [2.45, 2.75) is 10.3 Å². The van der Waals surface area contributed by atoms with Crippen LogP contribution in [0.1, 0.15) is 10.9 Å². The maximum atomic E-state index is 13.4. The molecular weight excluding hydrogens is 418 g/mol. The van der Waals surface area contributed by atoms with E-state index in [1.54, 1.807) is 42.4 Å². The van der Waals surface area contributed by atoms with Crippen LogP contribution in [0.5, 0.6) is 11.5 Å². The van der Waals surface area contributed by atoms with Crippen LogP contribution in [-0.2, 0) is 10.0 Å². The molecule has 1 saturated heterocycles. The summed E-state index contributed by atoms with van der Waals surface area (Å²) in [5.74, 6) is 1.95. The normalized spacial score (nSPS) is 17.1. The van der Waals surface area contributed by atoms with Gasteiger partial charge in [0.05, 0.1) is 24.5 Å². The molecule has 0 N–H and O–H groups in total. The smallest absolute Gasteiger partial charge is 0.244 e. The lowest BCUT2D eigenvalue weighted by Crippen LogP contribution is -2.30. The largest absolute Gasteiger partial charge is 0.493 e. The summed E-state index contributed by atoms with van der Waals surface area (Å²) in [6.07, 6.45) is 0. The van der Waals surface area contributed by atoms with Crippen LogP contribution in [0.4, 0.5) is 0 Å². The quantitative estimate of drug-likeness (QED) is 0.550. The van der Waals surface area contributed by atoms with Crippen LogP contribution in [0.3, 0.4) is 0 Å². The molecule has 1 heterocycles. The standard InChI is InChI=1S/C23H23NO4S2/c1-27-21-13-10-19(16-22(21)28-2)23-24(14-15-29-23)30(25,26)20-11-8-18(9-12-20)17-6-4-3-5-7-17/h3-13,16,23H,14-15H2,1-2H3/t23-/m0/s1. The van der Waals surface area contributed by atoms with Crippen molar-refractivity contribution in [2.24, 2.45) is 0 Å². The zero-order valence-electron chi connectivity index (χ0n) is 16.8. The molecule has 4 rings (SSSR count). The molecule has 1 atom stereocenters. The highest BCUT2D eigenvalue weighted by Crippen LogP contribution is 2.43. The molecule has 1 aliphatic heterocycles. The van der Waals surface area contributed by atoms with Crippen molar-refractivity contribution in [1.82, 2.24) is 4.31 Å². The molecule has 0 amide bonds. The van der Waals surface area contributed by atoms with Gasteiger partial charge in [0.25, 0.3) is 0 Å². The molecular formula is C23H23NO4S2. The molecule has 0 aromatic heterocycles. The third-order valence-corrected chi connectivity index (χ3v) is 8.38. The molecule has 5 nitrogen and oxygen atoms in total. The van der Waals surface area contributed by atoms with E-state index in [9.17, 15) is 8.42 Å². The predicted octanol–water partition coefficient (Wildman–Crippen LogP) is 4.81. The Balaban J connectivity index is 1.63. The molecule has 3 aromatic rings. The van der Waals surface area contributed by atoms with Gasteiger partial charge < -0.3 is 9.47 Å². The summed E-state index contributed by atoms with van der Waals surface area (Å²) in [5.41, 5.74) is 2.92. The summed E-state index contributed by atoms with van der Waals surface area (Å²) < 4.78 is 39.1. The number of ether oxygens (including phenoxy) is 2. The molecule has 156 valence electrons. The summed E-state index contributed by atoms with van der Waals surface area (Å²) in [5, 5.41) is -0.302. The molecule has 0 unspecified atom stereocenters. The number of thioether (sulfide) groups is 1. The van der Waals surface area contributed by atoms with E-state index in [4.69, 9.17) is 9.47 Å². The number of sulfonamides is 1. The maximum absolute atomic E-state index is 13.4. The van der Waals surface area contributed by atoms with Crippen molar-refractivity contribution in [3.8, 4) is 22.6 Å². The van der Waals surface area contributed by atoms with Gasteiger partial charge in [-0.2, -0.15) is 4.31 Å². The lowest BCUT2D eigenvalue weighted by molar-refractivity contribution is 0.353. The number of nitrogens with zero attached hydrogens (tertiary/aromatic N) is 1. The van der Waals surface area contributed by atoms with Crippen LogP contribution in [0.25, 0.3) is 11.1 Å². The lowest BCUT2D eigenvalue weighted by Gasteiger charge is -2.24. The number of methoxy groups -OCH3 is 2. The van der Waals surface area contributed by atoms with Crippen molar-refractivity contribution in [3.05, 3.63) is 78.4 Å². The average Bonchev–Trinajstić information content (AvgIpc) is 3.30. The number of rotatable bonds is 6. The van der Waals surface area contributed by atoms with Gasteiger partial charge in [-0.3, -0.25) is 0 Å². The van der Waals surface area contributed by atoms with Crippen molar-refractivity contribution in [2.75, 3.05) is 26.5 Å². The van der Waals surface area contributed by atoms with Crippen LogP contribution in [-0.4, -0.2) is 39.2 Å². The van der Waals surface area contributed by atoms with Gasteiger partial charge in [-0.15, -0.1) is 11.8 Å². The van der Waals surface area contributed by atoms with Crippen molar-refractivity contribution < 1.29 is 17.9 Å². The number of hydrogen-bond donors (Lipinski definition) is 0. The SMILES string of the molecule is COc1ccc([C@@H]2SCCN2S(=O)(=O)c2ccc(-c3ccccc3)cc2)cc1OC. The second-order valence-electron chi connectivity index (χ2n) is 6.84. The molecule has 1 aliphatic rings. The summed E-state index contributed by atoms with van der Waals surface area (Å²) in [6.45, 7) is 0.465. The highest BCUT2D eigenvalue weighted by molar-refractivity contribution is 8.01. The van der Waals surface area contributed by atoms with Crippen LogP contribution < -0.4 is 9.47 Å². The summed E-state index contributed by atoms with van der Waals surface area (Å²) in [4.78, 5) is 0.301. The molecule has 3 aromatic carbocycles. The molecule has 0 bridgehead atoms. The zero-order valence-corrected chi connectivity index (χ0v) is 18.4. The fourth-order valence-electron chi connectivity index (χ4n) is 3.56. The molecule has 0 spiro atoms. The van der Waals surface area contributed by atoms with Gasteiger partial charge in [0.15, 0.2) is 11.5 Å². The Morgan fingerprint density at radius 3 is 2.20 bits per heavy atom. The molecule has 30 heavy (non-hydrogen) atoms. The van der Waals surface area contributed by atoms with E-state index in [1.807, 2.05) is 60.7 Å². The Hall–Kier alpha value is -2.48. The van der Waals surface area contributed by atoms with Crippen molar-refractivity contribution in [1.29, 1.82) is 0 Å². The predicted molar refractivity (Wildman–Crippen MR) is 121 cm³/mol. The highest BCUT2D eigenvalue weighted by Gasteiger charge is 2.37. The number of benzene rings is 3. The molecule has 1 fully saturated rings. The second-order valence-corrected chi connectivity index (χ2v) is 9.92. The molecule has 0 aliphatic carbocycles. The van der Waals surface area contributed by atoms with Gasteiger partial charge in [-0.1, -0.05) is 48.5 Å². The summed E-state index contributed by atoms with van der Waals surface area (Å²) in [7, 11) is -0.473. The van der Waals surface area contributed by atoms with Gasteiger partial charge in [0, 0.05) is 12.3 Å². The van der Waals surface area contributed by atoms with Crippen LogP contribution in [0.15, 0.2) is 77.7 Å². The lowest BCUT2D eigenvalue weighted by atomic mass is 10.1. The third-order valence-electron chi connectivity index (χ3n) is 5.11. The van der Waals surface area contributed by atoms with Crippen molar-refractivity contribution >= 4 is 21.8 Å². The van der Waals surface area contributed by atoms with Crippen LogP contribution >= 0.6 is 11.8 Å². The summed E-state index contributed by atoms with van der Waals surface area (Å²) >= 11 is 1.61. The number of hydrogen-bond acceptors (Lipinski definition) is 5. The van der Waals surface area contributed by atoms with Crippen LogP contribution in [0, 0.1) is 0 Å². The monoisotopic (exact) mass is 441 g/mol. The van der Waals surface area contributed by atoms with E-state index < -0.39 is 10.0 Å². The molecule has 0 saturated carbocycles. The van der Waals surface area contributed by atoms with E-state index in [2.05, 4.69) is 0 Å². The van der Waals surface area contributed by atoms with Crippen molar-refractivity contribution in [3.63, 3.8) is 0 Å². The first kappa shape index (κ1) is 20.8. The Bertz CT molecular complexity index is 1120. The average molecular weight is 442 g/mol. The van der Waals surface area contributed by atoms with Gasteiger partial charge in [0.1, 0.15) is 0 Å². The minimum absolute atomic E-state index is 0.301. The molecule has 0 radical (unpaired) electrons. The van der Waals surface area contributed by atoms with Gasteiger partial charge >= 0.3 is 0 Å². The topological polar surface area (TPSA) is 55.8 Å².